The molecule has 1 aromatic heterocycles. The lowest BCUT2D eigenvalue weighted by atomic mass is 10.1. The Balaban J connectivity index is 2.39. The molecule has 0 bridgehead atoms. The second-order valence-electron chi connectivity index (χ2n) is 3.51. The molecule has 3 nitrogen and oxygen atoms in total. The van der Waals surface area contributed by atoms with E-state index >= 15 is 0 Å². The van der Waals surface area contributed by atoms with Crippen LogP contribution >= 0.6 is 22.9 Å². The van der Waals surface area contributed by atoms with Crippen molar-refractivity contribution >= 4 is 22.9 Å². The number of rotatable bonds is 4. The summed E-state index contributed by atoms with van der Waals surface area (Å²) >= 11 is 7.73. The molecule has 0 aliphatic rings. The summed E-state index contributed by atoms with van der Waals surface area (Å²) in [5.74, 6) is 0.690. The highest BCUT2D eigenvalue weighted by atomic mass is 35.5. The SMILES string of the molecule is CNCc1ncsc1-c1ccc(OC)c(Cl)c1. The highest BCUT2D eigenvalue weighted by Gasteiger charge is 2.10. The lowest BCUT2D eigenvalue weighted by molar-refractivity contribution is 0.415. The molecule has 0 saturated carbocycles. The molecule has 0 radical (unpaired) electrons. The van der Waals surface area contributed by atoms with Crippen molar-refractivity contribution in [3.63, 3.8) is 0 Å². The first kappa shape index (κ1) is 12.4. The van der Waals surface area contributed by atoms with Crippen molar-refractivity contribution in [3.8, 4) is 16.2 Å². The molecule has 1 aromatic carbocycles. The number of nitrogens with one attached hydrogen (secondary N) is 1. The van der Waals surface area contributed by atoms with Crippen molar-refractivity contribution < 1.29 is 4.74 Å². The van der Waals surface area contributed by atoms with Gasteiger partial charge in [0.25, 0.3) is 0 Å². The maximum absolute atomic E-state index is 6.12. The van der Waals surface area contributed by atoms with Gasteiger partial charge in [-0.2, -0.15) is 0 Å². The van der Waals surface area contributed by atoms with Crippen molar-refractivity contribution in [2.24, 2.45) is 0 Å². The van der Waals surface area contributed by atoms with Crippen LogP contribution in [0.2, 0.25) is 5.02 Å². The fraction of sp³-hybridized carbons (Fsp3) is 0.250. The van der Waals surface area contributed by atoms with E-state index < -0.39 is 0 Å². The van der Waals surface area contributed by atoms with Crippen molar-refractivity contribution in [3.05, 3.63) is 34.4 Å². The van der Waals surface area contributed by atoms with Crippen LogP contribution in [-0.2, 0) is 6.54 Å². The molecular weight excluding hydrogens is 256 g/mol. The van der Waals surface area contributed by atoms with E-state index in [1.807, 2.05) is 30.8 Å². The zero-order valence-electron chi connectivity index (χ0n) is 9.66. The Labute approximate surface area is 109 Å². The van der Waals surface area contributed by atoms with Crippen molar-refractivity contribution in [1.29, 1.82) is 0 Å². The summed E-state index contributed by atoms with van der Waals surface area (Å²) in [4.78, 5) is 5.48. The normalized spacial score (nSPS) is 10.5. The van der Waals surface area contributed by atoms with Gasteiger partial charge in [-0.05, 0) is 30.8 Å². The molecular formula is C12H13ClN2OS. The number of benzene rings is 1. The topological polar surface area (TPSA) is 34.2 Å². The predicted octanol–water partition coefficient (Wildman–Crippen LogP) is 3.19. The van der Waals surface area contributed by atoms with Gasteiger partial charge in [-0.25, -0.2) is 4.98 Å². The molecule has 0 amide bonds. The molecule has 1 heterocycles. The summed E-state index contributed by atoms with van der Waals surface area (Å²) in [6, 6.07) is 5.78. The van der Waals surface area contributed by atoms with Gasteiger partial charge >= 0.3 is 0 Å². The number of methoxy groups -OCH3 is 1. The Hall–Kier alpha value is -1.10. The monoisotopic (exact) mass is 268 g/mol. The van der Waals surface area contributed by atoms with E-state index in [0.29, 0.717) is 10.8 Å². The molecule has 0 unspecified atom stereocenters. The van der Waals surface area contributed by atoms with Crippen LogP contribution in [0, 0.1) is 0 Å². The average Bonchev–Trinajstić information content (AvgIpc) is 2.78. The fourth-order valence-corrected chi connectivity index (χ4v) is 2.67. The first-order valence-corrected chi connectivity index (χ1v) is 6.43. The van der Waals surface area contributed by atoms with Crippen LogP contribution in [0.5, 0.6) is 5.75 Å². The molecule has 0 atom stereocenters. The van der Waals surface area contributed by atoms with E-state index in [1.165, 1.54) is 0 Å². The summed E-state index contributed by atoms with van der Waals surface area (Å²) in [7, 11) is 3.52. The molecule has 0 aliphatic heterocycles. The number of hydrogen-bond donors (Lipinski definition) is 1. The van der Waals surface area contributed by atoms with Gasteiger partial charge in [0.05, 0.1) is 28.2 Å². The van der Waals surface area contributed by atoms with Gasteiger partial charge in [0.2, 0.25) is 0 Å². The molecule has 90 valence electrons. The van der Waals surface area contributed by atoms with Crippen LogP contribution in [0.1, 0.15) is 5.69 Å². The summed E-state index contributed by atoms with van der Waals surface area (Å²) in [5.41, 5.74) is 3.96. The van der Waals surface area contributed by atoms with Crippen LogP contribution in [0.4, 0.5) is 0 Å². The maximum atomic E-state index is 6.12. The Bertz CT molecular complexity index is 513. The third-order valence-corrected chi connectivity index (χ3v) is 3.61. The predicted molar refractivity (Wildman–Crippen MR) is 71.9 cm³/mol. The smallest absolute Gasteiger partial charge is 0.137 e. The summed E-state index contributed by atoms with van der Waals surface area (Å²) in [5, 5.41) is 3.72. The van der Waals surface area contributed by atoms with E-state index in [9.17, 15) is 0 Å². The van der Waals surface area contributed by atoms with Crippen molar-refractivity contribution in [2.45, 2.75) is 6.54 Å². The number of ether oxygens (including phenoxy) is 1. The third kappa shape index (κ3) is 2.60. The zero-order chi connectivity index (χ0) is 12.3. The third-order valence-electron chi connectivity index (χ3n) is 2.40. The largest absolute Gasteiger partial charge is 0.495 e. The van der Waals surface area contributed by atoms with Gasteiger partial charge < -0.3 is 10.1 Å². The van der Waals surface area contributed by atoms with Gasteiger partial charge in [-0.15, -0.1) is 11.3 Å². The average molecular weight is 269 g/mol. The van der Waals surface area contributed by atoms with Crippen LogP contribution < -0.4 is 10.1 Å². The lowest BCUT2D eigenvalue weighted by Crippen LogP contribution is -2.06. The molecule has 0 aliphatic carbocycles. The summed E-state index contributed by atoms with van der Waals surface area (Å²) in [6.45, 7) is 0.752. The van der Waals surface area contributed by atoms with Crippen LogP contribution in [0.15, 0.2) is 23.7 Å². The van der Waals surface area contributed by atoms with Crippen LogP contribution in [-0.4, -0.2) is 19.1 Å². The molecule has 1 N–H and O–H groups in total. The molecule has 0 saturated heterocycles. The Morgan fingerprint density at radius 3 is 2.94 bits per heavy atom. The minimum Gasteiger partial charge on any atom is -0.495 e. The highest BCUT2D eigenvalue weighted by Crippen LogP contribution is 2.33. The Morgan fingerprint density at radius 1 is 1.47 bits per heavy atom. The van der Waals surface area contributed by atoms with E-state index in [4.69, 9.17) is 16.3 Å². The van der Waals surface area contributed by atoms with Crippen LogP contribution in [0.3, 0.4) is 0 Å². The first-order valence-electron chi connectivity index (χ1n) is 5.17. The molecule has 2 aromatic rings. The fourth-order valence-electron chi connectivity index (χ4n) is 1.60. The standard InChI is InChI=1S/C12H13ClN2OS/c1-14-6-10-12(17-7-15-10)8-3-4-11(16-2)9(13)5-8/h3-5,7,14H,6H2,1-2H3. The minimum atomic E-state index is 0.619. The van der Waals surface area contributed by atoms with Gasteiger partial charge in [0, 0.05) is 6.54 Å². The molecule has 17 heavy (non-hydrogen) atoms. The van der Waals surface area contributed by atoms with Crippen LogP contribution in [0.25, 0.3) is 10.4 Å². The second kappa shape index (κ2) is 5.49. The molecule has 5 heteroatoms. The number of halogens is 1. The Morgan fingerprint density at radius 2 is 2.29 bits per heavy atom. The second-order valence-corrected chi connectivity index (χ2v) is 4.77. The Kier molecular flexibility index (Phi) is 3.99. The van der Waals surface area contributed by atoms with E-state index in [2.05, 4.69) is 10.3 Å². The van der Waals surface area contributed by atoms with Gasteiger partial charge in [-0.3, -0.25) is 0 Å². The molecule has 2 rings (SSSR count). The van der Waals surface area contributed by atoms with E-state index in [-0.39, 0.29) is 0 Å². The molecule has 0 spiro atoms. The number of aromatic nitrogens is 1. The summed E-state index contributed by atoms with van der Waals surface area (Å²) in [6.07, 6.45) is 0. The summed E-state index contributed by atoms with van der Waals surface area (Å²) < 4.78 is 5.14. The number of thiazole rings is 1. The van der Waals surface area contributed by atoms with Gasteiger partial charge in [0.1, 0.15) is 5.75 Å². The quantitative estimate of drug-likeness (QED) is 0.925. The van der Waals surface area contributed by atoms with Crippen molar-refractivity contribution in [2.75, 3.05) is 14.2 Å². The highest BCUT2D eigenvalue weighted by molar-refractivity contribution is 7.13. The lowest BCUT2D eigenvalue weighted by Gasteiger charge is -2.06. The van der Waals surface area contributed by atoms with Crippen molar-refractivity contribution in [1.82, 2.24) is 10.3 Å². The van der Waals surface area contributed by atoms with E-state index in [1.54, 1.807) is 18.4 Å². The van der Waals surface area contributed by atoms with Gasteiger partial charge in [-0.1, -0.05) is 11.6 Å². The number of hydrogen-bond acceptors (Lipinski definition) is 4. The molecule has 0 fully saturated rings. The first-order chi connectivity index (χ1) is 8.26. The maximum Gasteiger partial charge on any atom is 0.137 e. The van der Waals surface area contributed by atoms with Gasteiger partial charge in [0.15, 0.2) is 0 Å². The number of nitrogens with zero attached hydrogens (tertiary/aromatic N) is 1. The van der Waals surface area contributed by atoms with E-state index in [0.717, 1.165) is 22.7 Å². The minimum absolute atomic E-state index is 0.619. The zero-order valence-corrected chi connectivity index (χ0v) is 11.2.